The van der Waals surface area contributed by atoms with Crippen molar-refractivity contribution >= 4 is 12.0 Å². The zero-order valence-electron chi connectivity index (χ0n) is 9.27. The second-order valence-corrected chi connectivity index (χ2v) is 4.25. The van der Waals surface area contributed by atoms with Crippen LogP contribution in [0.2, 0.25) is 0 Å². The normalized spacial score (nSPS) is 24.6. The van der Waals surface area contributed by atoms with Crippen LogP contribution in [0.4, 0.5) is 4.79 Å². The van der Waals surface area contributed by atoms with Crippen molar-refractivity contribution in [1.82, 2.24) is 10.6 Å². The molecular weight excluding hydrogens is 212 g/mol. The summed E-state index contributed by atoms with van der Waals surface area (Å²) in [4.78, 5) is 21.4. The van der Waals surface area contributed by atoms with Gasteiger partial charge in [-0.15, -0.1) is 0 Å². The Bertz CT molecular complexity index is 270. The third kappa shape index (κ3) is 4.48. The molecule has 1 saturated carbocycles. The minimum atomic E-state index is -1.41. The van der Waals surface area contributed by atoms with Gasteiger partial charge in [-0.05, 0) is 18.3 Å². The Hall–Kier alpha value is -1.30. The van der Waals surface area contributed by atoms with Crippen molar-refractivity contribution in [3.05, 3.63) is 0 Å². The minimum absolute atomic E-state index is 0.0165. The van der Waals surface area contributed by atoms with Gasteiger partial charge < -0.3 is 20.8 Å². The zero-order valence-corrected chi connectivity index (χ0v) is 9.27. The fourth-order valence-corrected chi connectivity index (χ4v) is 1.42. The monoisotopic (exact) mass is 230 g/mol. The first kappa shape index (κ1) is 12.8. The minimum Gasteiger partial charge on any atom is -0.479 e. The van der Waals surface area contributed by atoms with Crippen LogP contribution in [0.5, 0.6) is 0 Å². The molecule has 0 heterocycles. The quantitative estimate of drug-likeness (QED) is 0.507. The van der Waals surface area contributed by atoms with Crippen molar-refractivity contribution in [3.8, 4) is 0 Å². The SMILES string of the molecule is CC1CC1CNC(=O)NCC[C@H](O)C(=O)O. The Kier molecular flexibility index (Phi) is 4.54. The van der Waals surface area contributed by atoms with Gasteiger partial charge in [0, 0.05) is 19.5 Å². The number of nitrogens with one attached hydrogen (secondary N) is 2. The third-order valence-electron chi connectivity index (χ3n) is 2.79. The van der Waals surface area contributed by atoms with E-state index in [-0.39, 0.29) is 19.0 Å². The van der Waals surface area contributed by atoms with Crippen molar-refractivity contribution in [2.24, 2.45) is 11.8 Å². The Morgan fingerprint density at radius 1 is 1.44 bits per heavy atom. The van der Waals surface area contributed by atoms with Crippen LogP contribution in [0, 0.1) is 11.8 Å². The number of carboxylic acids is 1. The fourth-order valence-electron chi connectivity index (χ4n) is 1.42. The number of urea groups is 1. The molecule has 16 heavy (non-hydrogen) atoms. The number of hydrogen-bond acceptors (Lipinski definition) is 3. The summed E-state index contributed by atoms with van der Waals surface area (Å²) in [6, 6.07) is -0.309. The molecule has 2 unspecified atom stereocenters. The van der Waals surface area contributed by atoms with E-state index in [1.807, 2.05) is 0 Å². The first-order valence-electron chi connectivity index (χ1n) is 5.43. The van der Waals surface area contributed by atoms with Crippen LogP contribution in [-0.2, 0) is 4.79 Å². The predicted molar refractivity (Wildman–Crippen MR) is 56.9 cm³/mol. The van der Waals surface area contributed by atoms with Gasteiger partial charge in [-0.2, -0.15) is 0 Å². The Balaban J connectivity index is 1.99. The number of aliphatic hydroxyl groups is 1. The largest absolute Gasteiger partial charge is 0.479 e. The lowest BCUT2D eigenvalue weighted by molar-refractivity contribution is -0.146. The van der Waals surface area contributed by atoms with E-state index < -0.39 is 12.1 Å². The Morgan fingerprint density at radius 2 is 2.06 bits per heavy atom. The maximum absolute atomic E-state index is 11.2. The highest BCUT2D eigenvalue weighted by Gasteiger charge is 2.32. The van der Waals surface area contributed by atoms with Gasteiger partial charge >= 0.3 is 12.0 Å². The molecule has 0 aliphatic heterocycles. The predicted octanol–water partition coefficient (Wildman–Crippen LogP) is -0.223. The van der Waals surface area contributed by atoms with E-state index in [4.69, 9.17) is 10.2 Å². The Morgan fingerprint density at radius 3 is 2.56 bits per heavy atom. The number of aliphatic carboxylic acids is 1. The summed E-state index contributed by atoms with van der Waals surface area (Å²) in [6.45, 7) is 2.95. The number of rotatable bonds is 6. The van der Waals surface area contributed by atoms with Gasteiger partial charge in [-0.3, -0.25) is 0 Å². The van der Waals surface area contributed by atoms with Crippen LogP contribution in [0.25, 0.3) is 0 Å². The molecule has 1 fully saturated rings. The van der Waals surface area contributed by atoms with E-state index in [0.717, 1.165) is 6.42 Å². The molecular formula is C10H18N2O4. The summed E-state index contributed by atoms with van der Waals surface area (Å²) in [7, 11) is 0. The first-order valence-corrected chi connectivity index (χ1v) is 5.43. The molecule has 0 saturated heterocycles. The molecule has 2 amide bonds. The van der Waals surface area contributed by atoms with E-state index in [0.29, 0.717) is 18.4 Å². The van der Waals surface area contributed by atoms with E-state index in [2.05, 4.69) is 17.6 Å². The average Bonchev–Trinajstić information content (AvgIpc) is 2.91. The highest BCUT2D eigenvalue weighted by Crippen LogP contribution is 2.36. The van der Waals surface area contributed by atoms with E-state index >= 15 is 0 Å². The summed E-state index contributed by atoms with van der Waals surface area (Å²) in [5, 5.41) is 22.5. The lowest BCUT2D eigenvalue weighted by Crippen LogP contribution is -2.38. The van der Waals surface area contributed by atoms with Crippen molar-refractivity contribution < 1.29 is 19.8 Å². The molecule has 6 nitrogen and oxygen atoms in total. The van der Waals surface area contributed by atoms with E-state index in [1.54, 1.807) is 0 Å². The zero-order chi connectivity index (χ0) is 12.1. The van der Waals surface area contributed by atoms with E-state index in [1.165, 1.54) is 0 Å². The molecule has 0 bridgehead atoms. The lowest BCUT2D eigenvalue weighted by Gasteiger charge is -2.08. The van der Waals surface area contributed by atoms with Crippen molar-refractivity contribution in [2.75, 3.05) is 13.1 Å². The molecule has 1 rings (SSSR count). The fraction of sp³-hybridized carbons (Fsp3) is 0.800. The smallest absolute Gasteiger partial charge is 0.332 e. The second-order valence-electron chi connectivity index (χ2n) is 4.25. The van der Waals surface area contributed by atoms with Crippen LogP contribution in [0.1, 0.15) is 19.8 Å². The number of hydrogen-bond donors (Lipinski definition) is 4. The summed E-state index contributed by atoms with van der Waals surface area (Å²) in [6.07, 6.45) is -0.246. The van der Waals surface area contributed by atoms with Gasteiger partial charge in [0.15, 0.2) is 6.10 Å². The second kappa shape index (κ2) is 5.69. The third-order valence-corrected chi connectivity index (χ3v) is 2.79. The van der Waals surface area contributed by atoms with Gasteiger partial charge in [-0.25, -0.2) is 9.59 Å². The standard InChI is InChI=1S/C10H18N2O4/c1-6-4-7(6)5-12-10(16)11-3-2-8(13)9(14)15/h6-8,13H,2-5H2,1H3,(H,14,15)(H2,11,12,16)/t6?,7?,8-/m0/s1. The van der Waals surface area contributed by atoms with Crippen LogP contribution >= 0.6 is 0 Å². The van der Waals surface area contributed by atoms with Crippen LogP contribution in [0.3, 0.4) is 0 Å². The Labute approximate surface area is 94.0 Å². The number of aliphatic hydroxyl groups excluding tert-OH is 1. The molecule has 0 aromatic rings. The molecule has 3 atom stereocenters. The molecule has 6 heteroatoms. The average molecular weight is 230 g/mol. The lowest BCUT2D eigenvalue weighted by atomic mass is 10.2. The molecule has 4 N–H and O–H groups in total. The topological polar surface area (TPSA) is 98.7 Å². The van der Waals surface area contributed by atoms with Crippen molar-refractivity contribution in [3.63, 3.8) is 0 Å². The maximum atomic E-state index is 11.2. The molecule has 1 aliphatic rings. The number of carboxylic acid groups (broad SMARTS) is 1. The van der Waals surface area contributed by atoms with Crippen LogP contribution in [0.15, 0.2) is 0 Å². The summed E-state index contributed by atoms with van der Waals surface area (Å²) < 4.78 is 0. The molecule has 92 valence electrons. The van der Waals surface area contributed by atoms with Crippen LogP contribution in [-0.4, -0.2) is 41.4 Å². The van der Waals surface area contributed by atoms with Gasteiger partial charge in [0.05, 0.1) is 0 Å². The van der Waals surface area contributed by atoms with Crippen LogP contribution < -0.4 is 10.6 Å². The van der Waals surface area contributed by atoms with E-state index in [9.17, 15) is 9.59 Å². The van der Waals surface area contributed by atoms with Crippen molar-refractivity contribution in [2.45, 2.75) is 25.9 Å². The number of amides is 2. The highest BCUT2D eigenvalue weighted by molar-refractivity contribution is 5.74. The maximum Gasteiger partial charge on any atom is 0.332 e. The highest BCUT2D eigenvalue weighted by atomic mass is 16.4. The summed E-state index contributed by atoms with van der Waals surface area (Å²) in [5.41, 5.74) is 0. The molecule has 0 radical (unpaired) electrons. The molecule has 0 aromatic carbocycles. The van der Waals surface area contributed by atoms with Gasteiger partial charge in [0.1, 0.15) is 0 Å². The van der Waals surface area contributed by atoms with Gasteiger partial charge in [0.2, 0.25) is 0 Å². The van der Waals surface area contributed by atoms with Crippen molar-refractivity contribution in [1.29, 1.82) is 0 Å². The number of carbonyl (C=O) groups is 2. The molecule has 0 spiro atoms. The van der Waals surface area contributed by atoms with Gasteiger partial charge in [0.25, 0.3) is 0 Å². The molecule has 1 aliphatic carbocycles. The summed E-state index contributed by atoms with van der Waals surface area (Å²) in [5.74, 6) is -0.00138. The summed E-state index contributed by atoms with van der Waals surface area (Å²) >= 11 is 0. The molecule has 0 aromatic heterocycles. The first-order chi connectivity index (χ1) is 7.50. The van der Waals surface area contributed by atoms with Gasteiger partial charge in [-0.1, -0.05) is 6.92 Å². The number of carbonyl (C=O) groups excluding carboxylic acids is 1.